The fourth-order valence-electron chi connectivity index (χ4n) is 2.13. The quantitative estimate of drug-likeness (QED) is 0.723. The average Bonchev–Trinajstić information content (AvgIpc) is 2.74. The zero-order chi connectivity index (χ0) is 16.0. The van der Waals surface area contributed by atoms with Crippen LogP contribution in [0.1, 0.15) is 0 Å². The normalized spacial score (nSPS) is 20.7. The van der Waals surface area contributed by atoms with Crippen molar-refractivity contribution in [2.45, 2.75) is 11.0 Å². The molecule has 1 aromatic rings. The van der Waals surface area contributed by atoms with E-state index in [9.17, 15) is 12.8 Å². The molecule has 2 rings (SSSR count). The van der Waals surface area contributed by atoms with Gasteiger partial charge in [-0.25, -0.2) is 12.8 Å². The number of hydrogen-bond donors (Lipinski definition) is 0. The van der Waals surface area contributed by atoms with E-state index in [1.807, 2.05) is 0 Å². The van der Waals surface area contributed by atoms with Gasteiger partial charge in [0, 0.05) is 20.2 Å². The molecule has 0 N–H and O–H groups in total. The van der Waals surface area contributed by atoms with Gasteiger partial charge < -0.3 is 14.2 Å². The number of nitrogens with zero attached hydrogens (tertiary/aromatic N) is 1. The summed E-state index contributed by atoms with van der Waals surface area (Å²) < 4.78 is 55.3. The summed E-state index contributed by atoms with van der Waals surface area (Å²) in [7, 11) is -2.12. The van der Waals surface area contributed by atoms with E-state index in [1.54, 1.807) is 7.11 Å². The Labute approximate surface area is 129 Å². The van der Waals surface area contributed by atoms with Gasteiger partial charge >= 0.3 is 0 Å². The summed E-state index contributed by atoms with van der Waals surface area (Å²) in [4.78, 5) is 0.0615. The molecular weight excluding hydrogens is 313 g/mol. The molecule has 0 saturated carbocycles. The molecule has 1 fully saturated rings. The van der Waals surface area contributed by atoms with Crippen molar-refractivity contribution in [3.8, 4) is 0 Å². The van der Waals surface area contributed by atoms with Gasteiger partial charge in [0.15, 0.2) is 0 Å². The van der Waals surface area contributed by atoms with Crippen molar-refractivity contribution in [3.63, 3.8) is 0 Å². The smallest absolute Gasteiger partial charge is 0.243 e. The second kappa shape index (κ2) is 7.98. The Bertz CT molecular complexity index is 563. The number of halogens is 1. The number of hydrogen-bond acceptors (Lipinski definition) is 5. The fourth-order valence-corrected chi connectivity index (χ4v) is 3.58. The van der Waals surface area contributed by atoms with Crippen molar-refractivity contribution < 1.29 is 27.0 Å². The number of sulfonamides is 1. The van der Waals surface area contributed by atoms with Gasteiger partial charge in [-0.2, -0.15) is 4.31 Å². The predicted octanol–water partition coefficient (Wildman–Crippen LogP) is 0.878. The van der Waals surface area contributed by atoms with Crippen molar-refractivity contribution in [2.24, 2.45) is 0 Å². The van der Waals surface area contributed by atoms with Crippen LogP contribution in [0.3, 0.4) is 0 Å². The summed E-state index contributed by atoms with van der Waals surface area (Å²) in [6.07, 6.45) is -0.354. The van der Waals surface area contributed by atoms with Crippen LogP contribution in [0.5, 0.6) is 0 Å². The molecule has 0 aromatic heterocycles. The Morgan fingerprint density at radius 3 is 2.73 bits per heavy atom. The topological polar surface area (TPSA) is 65.1 Å². The first-order valence-corrected chi connectivity index (χ1v) is 8.42. The highest BCUT2D eigenvalue weighted by Crippen LogP contribution is 2.18. The molecular formula is C14H20FNO5S. The number of rotatable bonds is 6. The van der Waals surface area contributed by atoms with Crippen LogP contribution in [0.25, 0.3) is 0 Å². The molecule has 1 heterocycles. The van der Waals surface area contributed by atoms with Crippen LogP contribution in [0.15, 0.2) is 29.2 Å². The third-order valence-corrected chi connectivity index (χ3v) is 5.17. The number of ether oxygens (including phenoxy) is 3. The zero-order valence-electron chi connectivity index (χ0n) is 12.4. The minimum atomic E-state index is -3.69. The first-order valence-electron chi connectivity index (χ1n) is 6.98. The van der Waals surface area contributed by atoms with Crippen LogP contribution < -0.4 is 0 Å². The van der Waals surface area contributed by atoms with E-state index < -0.39 is 15.8 Å². The lowest BCUT2D eigenvalue weighted by Crippen LogP contribution is -2.39. The second-order valence-electron chi connectivity index (χ2n) is 4.88. The van der Waals surface area contributed by atoms with E-state index in [4.69, 9.17) is 14.2 Å². The van der Waals surface area contributed by atoms with Crippen molar-refractivity contribution in [3.05, 3.63) is 30.1 Å². The van der Waals surface area contributed by atoms with Crippen molar-refractivity contribution in [1.82, 2.24) is 4.31 Å². The SMILES string of the molecule is COCCO[C@H]1COCCN(S(=O)(=O)c2ccc(F)cc2)C1. The molecule has 8 heteroatoms. The molecule has 0 spiro atoms. The predicted molar refractivity (Wildman–Crippen MR) is 77.6 cm³/mol. The lowest BCUT2D eigenvalue weighted by atomic mass is 10.3. The Kier molecular flexibility index (Phi) is 6.27. The van der Waals surface area contributed by atoms with Gasteiger partial charge in [0.2, 0.25) is 10.0 Å². The van der Waals surface area contributed by atoms with Crippen LogP contribution in [0.4, 0.5) is 4.39 Å². The molecule has 0 radical (unpaired) electrons. The molecule has 1 atom stereocenters. The summed E-state index contributed by atoms with van der Waals surface area (Å²) in [5.41, 5.74) is 0. The van der Waals surface area contributed by atoms with Crippen LogP contribution in [-0.4, -0.2) is 65.5 Å². The van der Waals surface area contributed by atoms with E-state index in [0.717, 1.165) is 12.1 Å². The summed E-state index contributed by atoms with van der Waals surface area (Å²) in [5, 5.41) is 0. The van der Waals surface area contributed by atoms with Crippen LogP contribution >= 0.6 is 0 Å². The molecule has 6 nitrogen and oxygen atoms in total. The number of methoxy groups -OCH3 is 1. The van der Waals surface area contributed by atoms with Gasteiger partial charge in [-0.1, -0.05) is 0 Å². The lowest BCUT2D eigenvalue weighted by molar-refractivity contribution is -0.0216. The summed E-state index contributed by atoms with van der Waals surface area (Å²) in [5.74, 6) is -0.473. The highest BCUT2D eigenvalue weighted by Gasteiger charge is 2.29. The zero-order valence-corrected chi connectivity index (χ0v) is 13.2. The minimum Gasteiger partial charge on any atom is -0.382 e. The largest absolute Gasteiger partial charge is 0.382 e. The highest BCUT2D eigenvalue weighted by molar-refractivity contribution is 7.89. The number of benzene rings is 1. The van der Waals surface area contributed by atoms with Crippen molar-refractivity contribution in [2.75, 3.05) is 46.6 Å². The Morgan fingerprint density at radius 1 is 1.32 bits per heavy atom. The maximum absolute atomic E-state index is 13.0. The maximum atomic E-state index is 13.0. The lowest BCUT2D eigenvalue weighted by Gasteiger charge is -2.23. The Morgan fingerprint density at radius 2 is 2.05 bits per heavy atom. The molecule has 1 aliphatic rings. The van der Waals surface area contributed by atoms with Crippen molar-refractivity contribution >= 4 is 10.0 Å². The highest BCUT2D eigenvalue weighted by atomic mass is 32.2. The van der Waals surface area contributed by atoms with Gasteiger partial charge in [-0.05, 0) is 24.3 Å². The first-order chi connectivity index (χ1) is 10.5. The molecule has 1 aliphatic heterocycles. The standard InChI is InChI=1S/C14H20FNO5S/c1-19-8-9-21-13-10-16(6-7-20-11-13)22(17,18)14-4-2-12(15)3-5-14/h2-5,13H,6-11H2,1H3/t13-/m1/s1. The molecule has 124 valence electrons. The van der Waals surface area contributed by atoms with Gasteiger partial charge in [-0.15, -0.1) is 0 Å². The molecule has 0 bridgehead atoms. The third-order valence-electron chi connectivity index (χ3n) is 3.29. The first kappa shape index (κ1) is 17.3. The molecule has 0 amide bonds. The monoisotopic (exact) mass is 333 g/mol. The van der Waals surface area contributed by atoms with Crippen molar-refractivity contribution in [1.29, 1.82) is 0 Å². The van der Waals surface area contributed by atoms with Gasteiger partial charge in [0.05, 0.1) is 37.4 Å². The third kappa shape index (κ3) is 4.47. The summed E-state index contributed by atoms with van der Waals surface area (Å²) in [6.45, 7) is 1.87. The van der Waals surface area contributed by atoms with E-state index in [-0.39, 0.29) is 24.1 Å². The summed E-state index contributed by atoms with van der Waals surface area (Å²) >= 11 is 0. The molecule has 0 aliphatic carbocycles. The molecule has 0 unspecified atom stereocenters. The van der Waals surface area contributed by atoms with Crippen LogP contribution in [0, 0.1) is 5.82 Å². The maximum Gasteiger partial charge on any atom is 0.243 e. The van der Waals surface area contributed by atoms with Gasteiger partial charge in [0.1, 0.15) is 5.82 Å². The van der Waals surface area contributed by atoms with E-state index in [0.29, 0.717) is 26.4 Å². The second-order valence-corrected chi connectivity index (χ2v) is 6.82. The van der Waals surface area contributed by atoms with E-state index in [2.05, 4.69) is 0 Å². The fraction of sp³-hybridized carbons (Fsp3) is 0.571. The van der Waals surface area contributed by atoms with E-state index >= 15 is 0 Å². The average molecular weight is 333 g/mol. The molecule has 1 saturated heterocycles. The Hall–Kier alpha value is -1.06. The van der Waals surface area contributed by atoms with E-state index in [1.165, 1.54) is 16.4 Å². The molecule has 1 aromatic carbocycles. The Balaban J connectivity index is 2.09. The van der Waals surface area contributed by atoms with Crippen LogP contribution in [-0.2, 0) is 24.2 Å². The van der Waals surface area contributed by atoms with Gasteiger partial charge in [-0.3, -0.25) is 0 Å². The van der Waals surface area contributed by atoms with Crippen LogP contribution in [0.2, 0.25) is 0 Å². The summed E-state index contributed by atoms with van der Waals surface area (Å²) in [6, 6.07) is 4.79. The minimum absolute atomic E-state index is 0.0615. The van der Waals surface area contributed by atoms with Gasteiger partial charge in [0.25, 0.3) is 0 Å². The molecule has 22 heavy (non-hydrogen) atoms.